The van der Waals surface area contributed by atoms with Crippen molar-refractivity contribution in [3.05, 3.63) is 65.5 Å². The average molecular weight is 406 g/mol. The molecule has 0 radical (unpaired) electrons. The van der Waals surface area contributed by atoms with E-state index in [1.54, 1.807) is 22.9 Å². The average Bonchev–Trinajstić information content (AvgIpc) is 3.32. The lowest BCUT2D eigenvalue weighted by Gasteiger charge is -2.09. The first-order valence-corrected chi connectivity index (χ1v) is 10.1. The van der Waals surface area contributed by atoms with Crippen molar-refractivity contribution >= 4 is 23.4 Å². The highest BCUT2D eigenvalue weighted by Crippen LogP contribution is 2.34. The number of fused-ring (bicyclic) bond motifs is 1. The Morgan fingerprint density at radius 3 is 2.83 bits per heavy atom. The molecule has 0 saturated carbocycles. The van der Waals surface area contributed by atoms with E-state index in [1.807, 2.05) is 37.3 Å². The van der Waals surface area contributed by atoms with Gasteiger partial charge in [-0.1, -0.05) is 18.2 Å². The Balaban J connectivity index is 1.41. The quantitative estimate of drug-likeness (QED) is 0.672. The Labute approximate surface area is 172 Å². The van der Waals surface area contributed by atoms with E-state index in [0.717, 1.165) is 11.4 Å². The van der Waals surface area contributed by atoms with E-state index in [-0.39, 0.29) is 18.5 Å². The molecule has 3 aromatic rings. The number of amides is 1. The predicted molar refractivity (Wildman–Crippen MR) is 110 cm³/mol. The normalized spacial score (nSPS) is 11.9. The third-order valence-electron chi connectivity index (χ3n) is 4.40. The molecule has 1 aliphatic rings. The maximum absolute atomic E-state index is 12.3. The first kappa shape index (κ1) is 18.9. The van der Waals surface area contributed by atoms with Crippen molar-refractivity contribution in [3.63, 3.8) is 0 Å². The van der Waals surface area contributed by atoms with E-state index in [0.29, 0.717) is 34.2 Å². The van der Waals surface area contributed by atoms with Crippen LogP contribution in [0.15, 0.2) is 48.5 Å². The van der Waals surface area contributed by atoms with Gasteiger partial charge in [-0.05, 0) is 31.2 Å². The van der Waals surface area contributed by atoms with Crippen molar-refractivity contribution in [2.45, 2.75) is 12.7 Å². The number of anilines is 1. The highest BCUT2D eigenvalue weighted by atomic mass is 32.2. The number of carbonyl (C=O) groups is 1. The number of benzene rings is 2. The van der Waals surface area contributed by atoms with Crippen molar-refractivity contribution in [1.29, 1.82) is 5.26 Å². The summed E-state index contributed by atoms with van der Waals surface area (Å²) in [6.07, 6.45) is 0. The summed E-state index contributed by atoms with van der Waals surface area (Å²) in [5, 5.41) is 16.9. The standard InChI is InChI=1S/C21H18N4O3S/c1-14-17(10-22)18(25(24-14)16-5-3-2-4-6-16)11-29-12-21(26)23-15-7-8-19-20(9-15)28-13-27-19/h2-9H,11-13H2,1H3,(H,23,26). The molecule has 29 heavy (non-hydrogen) atoms. The van der Waals surface area contributed by atoms with Crippen molar-refractivity contribution in [2.75, 3.05) is 17.9 Å². The van der Waals surface area contributed by atoms with Crippen LogP contribution in [0.2, 0.25) is 0 Å². The molecule has 0 spiro atoms. The molecule has 0 unspecified atom stereocenters. The van der Waals surface area contributed by atoms with Crippen molar-refractivity contribution in [3.8, 4) is 23.3 Å². The molecule has 0 bridgehead atoms. The van der Waals surface area contributed by atoms with Gasteiger partial charge in [-0.15, -0.1) is 11.8 Å². The molecule has 0 aliphatic carbocycles. The van der Waals surface area contributed by atoms with Crippen LogP contribution in [0.5, 0.6) is 11.5 Å². The second kappa shape index (κ2) is 8.29. The summed E-state index contributed by atoms with van der Waals surface area (Å²) in [4.78, 5) is 12.3. The molecule has 7 nitrogen and oxygen atoms in total. The van der Waals surface area contributed by atoms with Crippen LogP contribution in [0.4, 0.5) is 5.69 Å². The second-order valence-electron chi connectivity index (χ2n) is 6.38. The largest absolute Gasteiger partial charge is 0.454 e. The van der Waals surface area contributed by atoms with Gasteiger partial charge in [0.1, 0.15) is 6.07 Å². The third-order valence-corrected chi connectivity index (χ3v) is 5.34. The summed E-state index contributed by atoms with van der Waals surface area (Å²) >= 11 is 1.43. The summed E-state index contributed by atoms with van der Waals surface area (Å²) in [5.74, 6) is 1.91. The van der Waals surface area contributed by atoms with Gasteiger partial charge in [0, 0.05) is 17.5 Å². The van der Waals surface area contributed by atoms with Gasteiger partial charge in [-0.25, -0.2) is 4.68 Å². The number of aryl methyl sites for hydroxylation is 1. The molecule has 1 aromatic heterocycles. The smallest absolute Gasteiger partial charge is 0.234 e. The Morgan fingerprint density at radius 2 is 2.03 bits per heavy atom. The molecule has 2 heterocycles. The summed E-state index contributed by atoms with van der Waals surface area (Å²) in [7, 11) is 0. The number of nitrogens with one attached hydrogen (secondary N) is 1. The number of hydrogen-bond donors (Lipinski definition) is 1. The van der Waals surface area contributed by atoms with Gasteiger partial charge in [0.15, 0.2) is 11.5 Å². The highest BCUT2D eigenvalue weighted by Gasteiger charge is 2.17. The molecule has 0 saturated heterocycles. The minimum absolute atomic E-state index is 0.130. The molecule has 4 rings (SSSR count). The summed E-state index contributed by atoms with van der Waals surface area (Å²) in [6.45, 7) is 2.01. The van der Waals surface area contributed by atoms with Crippen molar-refractivity contribution < 1.29 is 14.3 Å². The summed E-state index contributed by atoms with van der Waals surface area (Å²) in [6, 6.07) is 17.2. The molecule has 8 heteroatoms. The van der Waals surface area contributed by atoms with Crippen LogP contribution >= 0.6 is 11.8 Å². The van der Waals surface area contributed by atoms with Gasteiger partial charge >= 0.3 is 0 Å². The topological polar surface area (TPSA) is 89.2 Å². The molecule has 0 atom stereocenters. The van der Waals surface area contributed by atoms with E-state index in [4.69, 9.17) is 9.47 Å². The van der Waals surface area contributed by atoms with Crippen LogP contribution in [-0.2, 0) is 10.5 Å². The molecule has 146 valence electrons. The molecule has 0 fully saturated rings. The molecular formula is C21H18N4O3S. The maximum atomic E-state index is 12.3. The van der Waals surface area contributed by atoms with E-state index >= 15 is 0 Å². The van der Waals surface area contributed by atoms with Crippen LogP contribution in [0.3, 0.4) is 0 Å². The maximum Gasteiger partial charge on any atom is 0.234 e. The third kappa shape index (κ3) is 4.05. The number of hydrogen-bond acceptors (Lipinski definition) is 6. The van der Waals surface area contributed by atoms with E-state index in [9.17, 15) is 10.1 Å². The van der Waals surface area contributed by atoms with E-state index < -0.39 is 0 Å². The molecule has 1 N–H and O–H groups in total. The molecule has 1 aliphatic heterocycles. The van der Waals surface area contributed by atoms with E-state index in [1.165, 1.54) is 11.8 Å². The number of ether oxygens (including phenoxy) is 2. The summed E-state index contributed by atoms with van der Waals surface area (Å²) < 4.78 is 12.4. The van der Waals surface area contributed by atoms with Crippen molar-refractivity contribution in [2.24, 2.45) is 0 Å². The SMILES string of the molecule is Cc1nn(-c2ccccc2)c(CSCC(=O)Nc2ccc3c(c2)OCO3)c1C#N. The summed E-state index contributed by atoms with van der Waals surface area (Å²) in [5.41, 5.74) is 3.56. The van der Waals surface area contributed by atoms with Gasteiger partial charge in [0.05, 0.1) is 28.4 Å². The highest BCUT2D eigenvalue weighted by molar-refractivity contribution is 7.99. The Morgan fingerprint density at radius 1 is 1.24 bits per heavy atom. The van der Waals surface area contributed by atoms with Crippen LogP contribution < -0.4 is 14.8 Å². The Kier molecular flexibility index (Phi) is 5.40. The minimum Gasteiger partial charge on any atom is -0.454 e. The van der Waals surface area contributed by atoms with Crippen molar-refractivity contribution in [1.82, 2.24) is 9.78 Å². The number of rotatable bonds is 6. The predicted octanol–water partition coefficient (Wildman–Crippen LogP) is 3.65. The van der Waals surface area contributed by atoms with Gasteiger partial charge in [0.2, 0.25) is 12.7 Å². The Hall–Kier alpha value is -3.44. The molecule has 2 aromatic carbocycles. The fraction of sp³-hybridized carbons (Fsp3) is 0.190. The lowest BCUT2D eigenvalue weighted by Crippen LogP contribution is -2.14. The minimum atomic E-state index is -0.130. The number of nitrogens with zero attached hydrogens (tertiary/aromatic N) is 3. The number of nitriles is 1. The van der Waals surface area contributed by atoms with Crippen LogP contribution in [0, 0.1) is 18.3 Å². The fourth-order valence-electron chi connectivity index (χ4n) is 3.05. The van der Waals surface area contributed by atoms with Gasteiger partial charge in [-0.3, -0.25) is 4.79 Å². The lowest BCUT2D eigenvalue weighted by atomic mass is 10.2. The zero-order chi connectivity index (χ0) is 20.2. The van der Waals surface area contributed by atoms with Crippen LogP contribution in [0.1, 0.15) is 17.0 Å². The number of aromatic nitrogens is 2. The van der Waals surface area contributed by atoms with Gasteiger partial charge < -0.3 is 14.8 Å². The number of thioether (sulfide) groups is 1. The monoisotopic (exact) mass is 406 g/mol. The number of para-hydroxylation sites is 1. The Bertz CT molecular complexity index is 1090. The first-order chi connectivity index (χ1) is 14.2. The molecular weight excluding hydrogens is 388 g/mol. The van der Waals surface area contributed by atoms with Gasteiger partial charge in [-0.2, -0.15) is 10.4 Å². The van der Waals surface area contributed by atoms with Crippen LogP contribution in [0.25, 0.3) is 5.69 Å². The second-order valence-corrected chi connectivity index (χ2v) is 7.36. The zero-order valence-electron chi connectivity index (χ0n) is 15.7. The van der Waals surface area contributed by atoms with Crippen LogP contribution in [-0.4, -0.2) is 28.2 Å². The molecule has 1 amide bonds. The fourth-order valence-corrected chi connectivity index (χ4v) is 3.87. The van der Waals surface area contributed by atoms with E-state index in [2.05, 4.69) is 16.5 Å². The van der Waals surface area contributed by atoms with Gasteiger partial charge in [0.25, 0.3) is 0 Å². The first-order valence-electron chi connectivity index (χ1n) is 8.97. The number of carbonyl (C=O) groups excluding carboxylic acids is 1. The zero-order valence-corrected chi connectivity index (χ0v) is 16.5. The lowest BCUT2D eigenvalue weighted by molar-refractivity contribution is -0.113.